The molecule has 4 rings (SSSR count). The summed E-state index contributed by atoms with van der Waals surface area (Å²) in [5.74, 6) is 0.163. The van der Waals surface area contributed by atoms with Gasteiger partial charge < -0.3 is 14.6 Å². The zero-order chi connectivity index (χ0) is 18.8. The predicted octanol–water partition coefficient (Wildman–Crippen LogP) is 5.15. The average molecular weight is 380 g/mol. The van der Waals surface area contributed by atoms with Gasteiger partial charge in [-0.1, -0.05) is 18.2 Å². The van der Waals surface area contributed by atoms with Crippen LogP contribution in [0.3, 0.4) is 0 Å². The summed E-state index contributed by atoms with van der Waals surface area (Å²) in [5, 5.41) is 4.89. The highest BCUT2D eigenvalue weighted by atomic mass is 32.1. The Morgan fingerprint density at radius 2 is 2.00 bits per heavy atom. The van der Waals surface area contributed by atoms with E-state index in [0.717, 1.165) is 15.8 Å². The minimum atomic E-state index is -0.288. The number of hydrogen-bond acceptors (Lipinski definition) is 3. The molecule has 6 heteroatoms. The summed E-state index contributed by atoms with van der Waals surface area (Å²) in [6.07, 6.45) is 0. The molecule has 1 N–H and O–H groups in total. The summed E-state index contributed by atoms with van der Waals surface area (Å²) in [4.78, 5) is 12.9. The predicted molar refractivity (Wildman–Crippen MR) is 106 cm³/mol. The highest BCUT2D eigenvalue weighted by molar-refractivity contribution is 7.17. The molecule has 4 aromatic rings. The van der Waals surface area contributed by atoms with Crippen LogP contribution in [0.4, 0.5) is 10.1 Å². The van der Waals surface area contributed by atoms with Gasteiger partial charge in [0, 0.05) is 18.3 Å². The minimum absolute atomic E-state index is 0.219. The number of nitrogens with one attached hydrogen (secondary N) is 1. The van der Waals surface area contributed by atoms with Gasteiger partial charge in [0.1, 0.15) is 17.3 Å². The molecule has 4 nitrogen and oxygen atoms in total. The molecular weight excluding hydrogens is 363 g/mol. The Balaban J connectivity index is 1.68. The van der Waals surface area contributed by atoms with Crippen molar-refractivity contribution in [2.45, 2.75) is 6.54 Å². The van der Waals surface area contributed by atoms with Crippen LogP contribution in [0.15, 0.2) is 66.0 Å². The number of halogens is 1. The van der Waals surface area contributed by atoms with E-state index in [9.17, 15) is 9.18 Å². The fourth-order valence-corrected chi connectivity index (χ4v) is 3.87. The summed E-state index contributed by atoms with van der Waals surface area (Å²) >= 11 is 1.57. The van der Waals surface area contributed by atoms with E-state index in [0.29, 0.717) is 23.7 Å². The van der Waals surface area contributed by atoms with Crippen LogP contribution in [0.25, 0.3) is 10.2 Å². The van der Waals surface area contributed by atoms with Crippen molar-refractivity contribution in [3.8, 4) is 5.75 Å². The number of amides is 1. The Morgan fingerprint density at radius 1 is 1.15 bits per heavy atom. The van der Waals surface area contributed by atoms with E-state index in [1.165, 1.54) is 12.1 Å². The Hall–Kier alpha value is -3.12. The maximum atomic E-state index is 13.6. The van der Waals surface area contributed by atoms with Gasteiger partial charge in [0.25, 0.3) is 5.91 Å². The molecule has 0 aliphatic carbocycles. The van der Waals surface area contributed by atoms with Crippen LogP contribution in [0.2, 0.25) is 0 Å². The third kappa shape index (κ3) is 3.57. The van der Waals surface area contributed by atoms with Gasteiger partial charge in [0.05, 0.1) is 17.3 Å². The number of ether oxygens (including phenoxy) is 1. The summed E-state index contributed by atoms with van der Waals surface area (Å²) < 4.78 is 21.7. The Kier molecular flexibility index (Phi) is 4.64. The van der Waals surface area contributed by atoms with Crippen molar-refractivity contribution >= 4 is 33.1 Å². The summed E-state index contributed by atoms with van der Waals surface area (Å²) in [6, 6.07) is 17.5. The SMILES string of the molecule is COc1cccc(NC(=O)c2cc3sccc3n2Cc2cccc(F)c2)c1. The van der Waals surface area contributed by atoms with Crippen molar-refractivity contribution in [2.75, 3.05) is 12.4 Å². The monoisotopic (exact) mass is 380 g/mol. The van der Waals surface area contributed by atoms with Crippen LogP contribution in [-0.2, 0) is 6.54 Å². The molecule has 0 unspecified atom stereocenters. The Morgan fingerprint density at radius 3 is 2.81 bits per heavy atom. The van der Waals surface area contributed by atoms with Crippen LogP contribution in [0, 0.1) is 5.82 Å². The number of benzene rings is 2. The molecule has 0 radical (unpaired) electrons. The molecule has 2 aromatic heterocycles. The summed E-state index contributed by atoms with van der Waals surface area (Å²) in [7, 11) is 1.58. The largest absolute Gasteiger partial charge is 0.497 e. The van der Waals surface area contributed by atoms with Crippen molar-refractivity contribution in [2.24, 2.45) is 0 Å². The normalized spacial score (nSPS) is 10.9. The number of thiophene rings is 1. The second kappa shape index (κ2) is 7.25. The van der Waals surface area contributed by atoms with Crippen LogP contribution in [-0.4, -0.2) is 17.6 Å². The quantitative estimate of drug-likeness (QED) is 0.520. The molecule has 0 aliphatic rings. The average Bonchev–Trinajstić information content (AvgIpc) is 3.25. The number of carbonyl (C=O) groups excluding carboxylic acids is 1. The van der Waals surface area contributed by atoms with Crippen LogP contribution >= 0.6 is 11.3 Å². The van der Waals surface area contributed by atoms with E-state index in [-0.39, 0.29) is 11.7 Å². The lowest BCUT2D eigenvalue weighted by molar-refractivity contribution is 0.101. The van der Waals surface area contributed by atoms with Gasteiger partial charge >= 0.3 is 0 Å². The number of methoxy groups -OCH3 is 1. The first kappa shape index (κ1) is 17.3. The molecule has 0 aliphatic heterocycles. The van der Waals surface area contributed by atoms with E-state index in [1.807, 2.05) is 46.3 Å². The lowest BCUT2D eigenvalue weighted by Gasteiger charge is -2.12. The standard InChI is InChI=1S/C21H17FN2O2S/c1-26-17-7-3-6-16(11-17)23-21(25)19-12-20-18(8-9-27-20)24(19)13-14-4-2-5-15(22)10-14/h2-12H,13H2,1H3,(H,23,25). The number of rotatable bonds is 5. The number of hydrogen-bond donors (Lipinski definition) is 1. The Bertz CT molecular complexity index is 1120. The molecule has 2 heterocycles. The van der Waals surface area contributed by atoms with E-state index in [1.54, 1.807) is 30.6 Å². The van der Waals surface area contributed by atoms with Crippen molar-refractivity contribution in [1.82, 2.24) is 4.57 Å². The van der Waals surface area contributed by atoms with E-state index < -0.39 is 0 Å². The number of anilines is 1. The van der Waals surface area contributed by atoms with Gasteiger partial charge in [-0.05, 0) is 47.3 Å². The summed E-state index contributed by atoms with van der Waals surface area (Å²) in [5.41, 5.74) is 2.94. The molecule has 0 atom stereocenters. The van der Waals surface area contributed by atoms with Crippen molar-refractivity contribution in [3.63, 3.8) is 0 Å². The van der Waals surface area contributed by atoms with Crippen molar-refractivity contribution in [1.29, 1.82) is 0 Å². The molecule has 0 spiro atoms. The lowest BCUT2D eigenvalue weighted by atomic mass is 10.2. The second-order valence-electron chi connectivity index (χ2n) is 6.10. The molecule has 1 amide bonds. The molecule has 27 heavy (non-hydrogen) atoms. The van der Waals surface area contributed by atoms with Gasteiger partial charge in [-0.25, -0.2) is 4.39 Å². The molecule has 136 valence electrons. The van der Waals surface area contributed by atoms with Crippen LogP contribution in [0.5, 0.6) is 5.75 Å². The first-order valence-electron chi connectivity index (χ1n) is 8.40. The van der Waals surface area contributed by atoms with Gasteiger partial charge in [-0.15, -0.1) is 11.3 Å². The number of aromatic nitrogens is 1. The van der Waals surface area contributed by atoms with Gasteiger partial charge in [-0.3, -0.25) is 4.79 Å². The minimum Gasteiger partial charge on any atom is -0.497 e. The van der Waals surface area contributed by atoms with Crippen LogP contribution in [0.1, 0.15) is 16.1 Å². The first-order chi connectivity index (χ1) is 13.1. The van der Waals surface area contributed by atoms with Crippen molar-refractivity contribution < 1.29 is 13.9 Å². The molecule has 0 bridgehead atoms. The fourth-order valence-electron chi connectivity index (χ4n) is 3.05. The van der Waals surface area contributed by atoms with Gasteiger partial charge in [0.2, 0.25) is 0 Å². The smallest absolute Gasteiger partial charge is 0.272 e. The Labute approximate surface area is 159 Å². The second-order valence-corrected chi connectivity index (χ2v) is 7.05. The highest BCUT2D eigenvalue weighted by Gasteiger charge is 2.17. The molecule has 0 fully saturated rings. The van der Waals surface area contributed by atoms with Gasteiger partial charge in [0.15, 0.2) is 0 Å². The maximum absolute atomic E-state index is 13.6. The molecule has 0 saturated heterocycles. The zero-order valence-corrected chi connectivity index (χ0v) is 15.4. The number of nitrogens with zero attached hydrogens (tertiary/aromatic N) is 1. The molecular formula is C21H17FN2O2S. The number of carbonyl (C=O) groups is 1. The molecule has 0 saturated carbocycles. The third-order valence-electron chi connectivity index (χ3n) is 4.31. The van der Waals surface area contributed by atoms with E-state index in [4.69, 9.17) is 4.74 Å². The fraction of sp³-hybridized carbons (Fsp3) is 0.0952. The summed E-state index contributed by atoms with van der Waals surface area (Å²) in [6.45, 7) is 0.416. The topological polar surface area (TPSA) is 43.3 Å². The van der Waals surface area contributed by atoms with Gasteiger partial charge in [-0.2, -0.15) is 0 Å². The lowest BCUT2D eigenvalue weighted by Crippen LogP contribution is -2.17. The van der Waals surface area contributed by atoms with Crippen molar-refractivity contribution in [3.05, 3.63) is 83.1 Å². The number of fused-ring (bicyclic) bond motifs is 1. The first-order valence-corrected chi connectivity index (χ1v) is 9.28. The maximum Gasteiger partial charge on any atom is 0.272 e. The van der Waals surface area contributed by atoms with Crippen LogP contribution < -0.4 is 10.1 Å². The van der Waals surface area contributed by atoms with E-state index in [2.05, 4.69) is 5.32 Å². The zero-order valence-electron chi connectivity index (χ0n) is 14.6. The third-order valence-corrected chi connectivity index (χ3v) is 5.17. The highest BCUT2D eigenvalue weighted by Crippen LogP contribution is 2.27. The van der Waals surface area contributed by atoms with E-state index >= 15 is 0 Å². The molecule has 2 aromatic carbocycles.